The largest absolute Gasteiger partial charge is 0.280 e. The second-order valence-electron chi connectivity index (χ2n) is 4.36. The number of hydrogen-bond acceptors (Lipinski definition) is 5. The van der Waals surface area contributed by atoms with E-state index in [4.69, 9.17) is 0 Å². The fraction of sp³-hybridized carbons (Fsp3) is 0.364. The quantitative estimate of drug-likeness (QED) is 0.794. The molecule has 1 unspecified atom stereocenters. The Morgan fingerprint density at radius 1 is 1.35 bits per heavy atom. The lowest BCUT2D eigenvalue weighted by Crippen LogP contribution is -2.39. The number of aromatic amines is 1. The molecule has 0 radical (unpaired) electrons. The van der Waals surface area contributed by atoms with E-state index in [0.29, 0.717) is 5.82 Å². The lowest BCUT2D eigenvalue weighted by molar-refractivity contribution is 0.445. The first kappa shape index (κ1) is 14.6. The van der Waals surface area contributed by atoms with Crippen molar-refractivity contribution in [1.82, 2.24) is 29.7 Å². The van der Waals surface area contributed by atoms with Crippen molar-refractivity contribution >= 4 is 10.2 Å². The molecule has 1 atom stereocenters. The molecule has 9 heteroatoms. The smallest absolute Gasteiger partial charge is 0.195 e. The number of nitrogens with one attached hydrogen (secondary N) is 2. The van der Waals surface area contributed by atoms with Crippen LogP contribution >= 0.6 is 0 Å². The lowest BCUT2D eigenvalue weighted by atomic mass is 10.2. The first-order valence-electron chi connectivity index (χ1n) is 6.00. The molecule has 20 heavy (non-hydrogen) atoms. The summed E-state index contributed by atoms with van der Waals surface area (Å²) in [7, 11) is -2.11. The molecule has 8 nitrogen and oxygen atoms in total. The predicted octanol–water partition coefficient (Wildman–Crippen LogP) is 0.227. The molecule has 108 valence electrons. The van der Waals surface area contributed by atoms with Crippen molar-refractivity contribution in [1.29, 1.82) is 0 Å². The highest BCUT2D eigenvalue weighted by molar-refractivity contribution is 7.87. The maximum absolute atomic E-state index is 12.2. The monoisotopic (exact) mass is 296 g/mol. The van der Waals surface area contributed by atoms with Gasteiger partial charge in [-0.25, -0.2) is 0 Å². The number of benzene rings is 1. The van der Waals surface area contributed by atoms with Crippen molar-refractivity contribution in [2.45, 2.75) is 19.5 Å². The minimum atomic E-state index is -3.62. The summed E-state index contributed by atoms with van der Waals surface area (Å²) in [4.78, 5) is 0. The molecule has 0 bridgehead atoms. The first-order valence-corrected chi connectivity index (χ1v) is 7.44. The molecule has 1 aromatic heterocycles. The average molecular weight is 296 g/mol. The fourth-order valence-corrected chi connectivity index (χ4v) is 2.70. The zero-order valence-electron chi connectivity index (χ0n) is 11.2. The average Bonchev–Trinajstić information content (AvgIpc) is 2.93. The topological polar surface area (TPSA) is 104 Å². The lowest BCUT2D eigenvalue weighted by Gasteiger charge is -2.19. The Morgan fingerprint density at radius 3 is 2.65 bits per heavy atom. The number of nitrogens with zero attached hydrogens (tertiary/aromatic N) is 4. The molecule has 0 saturated carbocycles. The molecular weight excluding hydrogens is 280 g/mol. The van der Waals surface area contributed by atoms with Crippen LogP contribution in [0.2, 0.25) is 0 Å². The van der Waals surface area contributed by atoms with Gasteiger partial charge in [0, 0.05) is 13.6 Å². The van der Waals surface area contributed by atoms with Gasteiger partial charge in [0.15, 0.2) is 5.82 Å². The molecular formula is C11H16N6O2S. The molecule has 0 aliphatic carbocycles. The van der Waals surface area contributed by atoms with Gasteiger partial charge >= 0.3 is 0 Å². The standard InChI is InChI=1S/C11H16N6O2S/c1-9(11-12-15-16-13-11)14-20(18,19)17(2)8-10-6-4-3-5-7-10/h3-7,9,14H,8H2,1-2H3,(H,12,13,15,16). The van der Waals surface area contributed by atoms with Gasteiger partial charge in [0.25, 0.3) is 10.2 Å². The summed E-state index contributed by atoms with van der Waals surface area (Å²) >= 11 is 0. The van der Waals surface area contributed by atoms with E-state index in [1.165, 1.54) is 11.4 Å². The first-order chi connectivity index (χ1) is 9.49. The number of H-pyrrole nitrogens is 1. The Kier molecular flexibility index (Phi) is 4.42. The molecule has 0 spiro atoms. The molecule has 0 aliphatic rings. The van der Waals surface area contributed by atoms with Crippen molar-refractivity contribution in [3.05, 3.63) is 41.7 Å². The summed E-state index contributed by atoms with van der Waals surface area (Å²) in [5, 5.41) is 13.2. The molecule has 2 rings (SSSR count). The van der Waals surface area contributed by atoms with E-state index in [2.05, 4.69) is 25.3 Å². The number of hydrogen-bond donors (Lipinski definition) is 2. The zero-order chi connectivity index (χ0) is 14.6. The Bertz CT molecular complexity index is 628. The van der Waals surface area contributed by atoms with Gasteiger partial charge in [-0.15, -0.1) is 10.2 Å². The molecule has 1 aromatic carbocycles. The summed E-state index contributed by atoms with van der Waals surface area (Å²) < 4.78 is 28.1. The number of aromatic nitrogens is 4. The SMILES string of the molecule is CC(NS(=O)(=O)N(C)Cc1ccccc1)c1nn[nH]n1. The van der Waals surface area contributed by atoms with E-state index >= 15 is 0 Å². The predicted molar refractivity (Wildman–Crippen MR) is 72.6 cm³/mol. The minimum absolute atomic E-state index is 0.287. The third-order valence-electron chi connectivity index (χ3n) is 2.73. The zero-order valence-corrected chi connectivity index (χ0v) is 12.0. The van der Waals surface area contributed by atoms with Crippen LogP contribution in [-0.4, -0.2) is 40.4 Å². The van der Waals surface area contributed by atoms with Crippen LogP contribution in [0.3, 0.4) is 0 Å². The summed E-state index contributed by atoms with van der Waals surface area (Å²) in [5.41, 5.74) is 0.910. The van der Waals surface area contributed by atoms with E-state index in [9.17, 15) is 8.42 Å². The van der Waals surface area contributed by atoms with Crippen molar-refractivity contribution in [3.8, 4) is 0 Å². The van der Waals surface area contributed by atoms with Gasteiger partial charge in [0.05, 0.1) is 6.04 Å². The van der Waals surface area contributed by atoms with Crippen molar-refractivity contribution in [2.75, 3.05) is 7.05 Å². The Labute approximate surface area is 117 Å². The Hall–Kier alpha value is -1.84. The van der Waals surface area contributed by atoms with E-state index in [1.807, 2.05) is 30.3 Å². The van der Waals surface area contributed by atoms with Crippen LogP contribution in [0, 0.1) is 0 Å². The van der Waals surface area contributed by atoms with Gasteiger partial charge in [-0.3, -0.25) is 0 Å². The van der Waals surface area contributed by atoms with Gasteiger partial charge in [0.2, 0.25) is 0 Å². The third kappa shape index (κ3) is 3.59. The van der Waals surface area contributed by atoms with Gasteiger partial charge in [-0.1, -0.05) is 35.5 Å². The molecule has 2 N–H and O–H groups in total. The summed E-state index contributed by atoms with van der Waals surface area (Å²) in [6, 6.07) is 8.80. The highest BCUT2D eigenvalue weighted by Gasteiger charge is 2.23. The van der Waals surface area contributed by atoms with Crippen LogP contribution < -0.4 is 4.72 Å². The van der Waals surface area contributed by atoms with Crippen LogP contribution in [0.4, 0.5) is 0 Å². The molecule has 0 saturated heterocycles. The van der Waals surface area contributed by atoms with Crippen LogP contribution in [0.15, 0.2) is 30.3 Å². The van der Waals surface area contributed by atoms with E-state index in [0.717, 1.165) is 5.56 Å². The fourth-order valence-electron chi connectivity index (χ4n) is 1.64. The molecule has 1 heterocycles. The van der Waals surface area contributed by atoms with Gasteiger partial charge in [-0.05, 0) is 12.5 Å². The maximum Gasteiger partial charge on any atom is 0.280 e. The molecule has 2 aromatic rings. The van der Waals surface area contributed by atoms with Crippen molar-refractivity contribution in [3.63, 3.8) is 0 Å². The van der Waals surface area contributed by atoms with Crippen molar-refractivity contribution < 1.29 is 8.42 Å². The second kappa shape index (κ2) is 6.07. The Balaban J connectivity index is 2.02. The number of rotatable bonds is 6. The van der Waals surface area contributed by atoms with Crippen LogP contribution in [-0.2, 0) is 16.8 Å². The molecule has 0 amide bonds. The Morgan fingerprint density at radius 2 is 2.05 bits per heavy atom. The van der Waals surface area contributed by atoms with Crippen LogP contribution in [0.5, 0.6) is 0 Å². The normalized spacial score (nSPS) is 13.6. The summed E-state index contributed by atoms with van der Waals surface area (Å²) in [6.45, 7) is 1.94. The van der Waals surface area contributed by atoms with Crippen LogP contribution in [0.1, 0.15) is 24.4 Å². The van der Waals surface area contributed by atoms with Gasteiger partial charge in [0.1, 0.15) is 0 Å². The van der Waals surface area contributed by atoms with E-state index in [-0.39, 0.29) is 6.54 Å². The van der Waals surface area contributed by atoms with Gasteiger partial charge < -0.3 is 0 Å². The van der Waals surface area contributed by atoms with E-state index < -0.39 is 16.3 Å². The third-order valence-corrected chi connectivity index (χ3v) is 4.33. The van der Waals surface area contributed by atoms with Gasteiger partial charge in [-0.2, -0.15) is 22.7 Å². The molecule has 0 aliphatic heterocycles. The molecule has 0 fully saturated rings. The highest BCUT2D eigenvalue weighted by Crippen LogP contribution is 2.10. The summed E-state index contributed by atoms with van der Waals surface area (Å²) in [5.74, 6) is 0.293. The second-order valence-corrected chi connectivity index (χ2v) is 6.17. The maximum atomic E-state index is 12.2. The van der Waals surface area contributed by atoms with E-state index in [1.54, 1.807) is 6.92 Å². The minimum Gasteiger partial charge on any atom is -0.195 e. The van der Waals surface area contributed by atoms with Crippen molar-refractivity contribution in [2.24, 2.45) is 0 Å². The highest BCUT2D eigenvalue weighted by atomic mass is 32.2. The number of tetrazole rings is 1. The summed E-state index contributed by atoms with van der Waals surface area (Å²) in [6.07, 6.45) is 0. The van der Waals surface area contributed by atoms with Crippen LogP contribution in [0.25, 0.3) is 0 Å².